The number of carbonyl (C=O) groups is 1. The van der Waals surface area contributed by atoms with Gasteiger partial charge in [-0.2, -0.15) is 0 Å². The summed E-state index contributed by atoms with van der Waals surface area (Å²) >= 11 is 3.20. The Hall–Kier alpha value is -0.980. The second-order valence-electron chi connectivity index (χ2n) is 3.51. The molecule has 0 aromatic heterocycles. The summed E-state index contributed by atoms with van der Waals surface area (Å²) < 4.78 is 14.1. The van der Waals surface area contributed by atoms with Gasteiger partial charge in [0, 0.05) is 24.1 Å². The average molecular weight is 290 g/mol. The molecule has 1 aromatic rings. The van der Waals surface area contributed by atoms with E-state index in [4.69, 9.17) is 5.73 Å². The molecule has 0 aliphatic heterocycles. The number of hydrogen-bond acceptors (Lipinski definition) is 3. The number of nitrogens with one attached hydrogen (secondary N) is 1. The summed E-state index contributed by atoms with van der Waals surface area (Å²) in [6.45, 7) is 0. The number of rotatable bonds is 3. The van der Waals surface area contributed by atoms with Crippen molar-refractivity contribution in [2.45, 2.75) is 6.04 Å². The van der Waals surface area contributed by atoms with E-state index in [1.807, 2.05) is 0 Å². The fourth-order valence-electron chi connectivity index (χ4n) is 1.18. The minimum atomic E-state index is -1.03. The molecule has 0 saturated carbocycles. The van der Waals surface area contributed by atoms with Crippen LogP contribution in [0.3, 0.4) is 0 Å². The van der Waals surface area contributed by atoms with Gasteiger partial charge in [-0.1, -0.05) is 15.9 Å². The van der Waals surface area contributed by atoms with Crippen LogP contribution in [0.4, 0.5) is 4.39 Å². The van der Waals surface area contributed by atoms with E-state index in [0.717, 1.165) is 0 Å². The molecule has 0 saturated heterocycles. The smallest absolute Gasteiger partial charge is 0.255 e. The molecule has 1 rings (SSSR count). The Bertz CT molecular complexity index is 398. The first-order valence-electron chi connectivity index (χ1n) is 4.60. The van der Waals surface area contributed by atoms with E-state index < -0.39 is 17.8 Å². The zero-order valence-electron chi connectivity index (χ0n) is 9.00. The van der Waals surface area contributed by atoms with Gasteiger partial charge in [-0.15, -0.1) is 0 Å². The number of halogens is 2. The Balaban J connectivity index is 2.91. The molecule has 6 heteroatoms. The van der Waals surface area contributed by atoms with E-state index in [-0.39, 0.29) is 5.56 Å². The first-order valence-corrected chi connectivity index (χ1v) is 5.39. The molecule has 4 nitrogen and oxygen atoms in total. The van der Waals surface area contributed by atoms with Crippen LogP contribution >= 0.6 is 15.9 Å². The van der Waals surface area contributed by atoms with Crippen LogP contribution in [0.15, 0.2) is 22.7 Å². The van der Waals surface area contributed by atoms with Crippen LogP contribution in [-0.4, -0.2) is 25.0 Å². The van der Waals surface area contributed by atoms with Gasteiger partial charge in [-0.05, 0) is 18.2 Å². The topological polar surface area (TPSA) is 58.4 Å². The number of hydrazine groups is 1. The molecule has 0 aliphatic carbocycles. The monoisotopic (exact) mass is 289 g/mol. The summed E-state index contributed by atoms with van der Waals surface area (Å²) in [6.07, 6.45) is 0. The fraction of sp³-hybridized carbons (Fsp3) is 0.300. The van der Waals surface area contributed by atoms with Crippen molar-refractivity contribution in [3.05, 3.63) is 34.1 Å². The van der Waals surface area contributed by atoms with Crippen molar-refractivity contribution in [2.24, 2.45) is 5.73 Å². The number of nitrogens with two attached hydrogens (primary N) is 1. The normalized spacial score (nSPS) is 12.6. The van der Waals surface area contributed by atoms with Crippen molar-refractivity contribution in [2.75, 3.05) is 14.1 Å². The summed E-state index contributed by atoms with van der Waals surface area (Å²) in [7, 11) is 3.31. The lowest BCUT2D eigenvalue weighted by molar-refractivity contribution is -0.126. The highest BCUT2D eigenvalue weighted by atomic mass is 79.9. The van der Waals surface area contributed by atoms with Gasteiger partial charge >= 0.3 is 0 Å². The van der Waals surface area contributed by atoms with E-state index in [0.29, 0.717) is 4.47 Å². The summed E-state index contributed by atoms with van der Waals surface area (Å²) in [5.74, 6) is -0.952. The van der Waals surface area contributed by atoms with E-state index in [1.165, 1.54) is 17.1 Å². The van der Waals surface area contributed by atoms with Gasteiger partial charge in [0.1, 0.15) is 11.9 Å². The predicted octanol–water partition coefficient (Wildman–Crippen LogP) is 1.18. The molecule has 0 bridgehead atoms. The van der Waals surface area contributed by atoms with Gasteiger partial charge in [0.2, 0.25) is 0 Å². The molecule has 16 heavy (non-hydrogen) atoms. The summed E-state index contributed by atoms with van der Waals surface area (Å²) in [6, 6.07) is 3.28. The molecule has 1 unspecified atom stereocenters. The molecule has 0 radical (unpaired) electrons. The number of hydrogen-bond donors (Lipinski definition) is 2. The van der Waals surface area contributed by atoms with Gasteiger partial charge in [-0.25, -0.2) is 9.40 Å². The summed E-state index contributed by atoms with van der Waals surface area (Å²) in [4.78, 5) is 11.6. The third-order valence-corrected chi connectivity index (χ3v) is 2.40. The van der Waals surface area contributed by atoms with Crippen LogP contribution in [0.25, 0.3) is 0 Å². The highest BCUT2D eigenvalue weighted by molar-refractivity contribution is 9.10. The quantitative estimate of drug-likeness (QED) is 0.822. The van der Waals surface area contributed by atoms with E-state index in [9.17, 15) is 9.18 Å². The van der Waals surface area contributed by atoms with E-state index in [1.54, 1.807) is 20.2 Å². The summed E-state index contributed by atoms with van der Waals surface area (Å²) in [5.41, 5.74) is 8.29. The molecule has 3 N–H and O–H groups in total. The Morgan fingerprint density at radius 2 is 2.19 bits per heavy atom. The van der Waals surface area contributed by atoms with Crippen LogP contribution in [0.5, 0.6) is 0 Å². The SMILES string of the molecule is CN(C)NC(=O)C(N)c1cc(Br)ccc1F. The van der Waals surface area contributed by atoms with E-state index >= 15 is 0 Å². The minimum Gasteiger partial charge on any atom is -0.316 e. The maximum Gasteiger partial charge on any atom is 0.255 e. The second kappa shape index (κ2) is 5.38. The van der Waals surface area contributed by atoms with Crippen LogP contribution < -0.4 is 11.2 Å². The zero-order chi connectivity index (χ0) is 12.3. The lowest BCUT2D eigenvalue weighted by Crippen LogP contribution is -2.42. The maximum absolute atomic E-state index is 13.4. The van der Waals surface area contributed by atoms with Gasteiger partial charge in [0.25, 0.3) is 5.91 Å². The fourth-order valence-corrected chi connectivity index (χ4v) is 1.56. The van der Waals surface area contributed by atoms with Crippen LogP contribution in [0, 0.1) is 5.82 Å². The maximum atomic E-state index is 13.4. The minimum absolute atomic E-state index is 0.161. The highest BCUT2D eigenvalue weighted by Crippen LogP contribution is 2.20. The van der Waals surface area contributed by atoms with Gasteiger partial charge in [0.15, 0.2) is 0 Å². The predicted molar refractivity (Wildman–Crippen MR) is 62.9 cm³/mol. The molecule has 1 aromatic carbocycles. The third kappa shape index (κ3) is 3.26. The van der Waals surface area contributed by atoms with Crippen LogP contribution in [0.1, 0.15) is 11.6 Å². The van der Waals surface area contributed by atoms with Crippen molar-refractivity contribution in [3.8, 4) is 0 Å². The van der Waals surface area contributed by atoms with Gasteiger partial charge < -0.3 is 5.73 Å². The molecule has 0 fully saturated rings. The van der Waals surface area contributed by atoms with Crippen molar-refractivity contribution in [1.82, 2.24) is 10.4 Å². The molecule has 0 aliphatic rings. The van der Waals surface area contributed by atoms with Gasteiger partial charge in [0.05, 0.1) is 0 Å². The Morgan fingerprint density at radius 3 is 2.75 bits per heavy atom. The average Bonchev–Trinajstić information content (AvgIpc) is 2.19. The standard InChI is InChI=1S/C10H13BrFN3O/c1-15(2)14-10(16)9(13)7-5-6(11)3-4-8(7)12/h3-5,9H,13H2,1-2H3,(H,14,16). The Kier molecular flexibility index (Phi) is 4.40. The molecule has 0 heterocycles. The second-order valence-corrected chi connectivity index (χ2v) is 4.43. The summed E-state index contributed by atoms with van der Waals surface area (Å²) in [5, 5.41) is 1.46. The third-order valence-electron chi connectivity index (χ3n) is 1.91. The first-order chi connectivity index (χ1) is 7.41. The molecule has 0 spiro atoms. The van der Waals surface area contributed by atoms with Crippen LogP contribution in [0.2, 0.25) is 0 Å². The Morgan fingerprint density at radius 1 is 1.56 bits per heavy atom. The molecular formula is C10H13BrFN3O. The number of carbonyl (C=O) groups excluding carboxylic acids is 1. The Labute approximate surface area is 102 Å². The number of benzene rings is 1. The molecule has 88 valence electrons. The van der Waals surface area contributed by atoms with Crippen molar-refractivity contribution in [3.63, 3.8) is 0 Å². The van der Waals surface area contributed by atoms with Crippen LogP contribution in [-0.2, 0) is 4.79 Å². The highest BCUT2D eigenvalue weighted by Gasteiger charge is 2.19. The number of amides is 1. The first kappa shape index (κ1) is 13.1. The van der Waals surface area contributed by atoms with Crippen molar-refractivity contribution >= 4 is 21.8 Å². The van der Waals surface area contributed by atoms with Crippen molar-refractivity contribution in [1.29, 1.82) is 0 Å². The number of nitrogens with zero attached hydrogens (tertiary/aromatic N) is 1. The van der Waals surface area contributed by atoms with Gasteiger partial charge in [-0.3, -0.25) is 10.2 Å². The molecule has 1 amide bonds. The molecular weight excluding hydrogens is 277 g/mol. The largest absolute Gasteiger partial charge is 0.316 e. The van der Waals surface area contributed by atoms with Crippen molar-refractivity contribution < 1.29 is 9.18 Å². The zero-order valence-corrected chi connectivity index (χ0v) is 10.6. The lowest BCUT2D eigenvalue weighted by Gasteiger charge is -2.17. The molecule has 1 atom stereocenters. The van der Waals surface area contributed by atoms with E-state index in [2.05, 4.69) is 21.4 Å². The lowest BCUT2D eigenvalue weighted by atomic mass is 10.1.